The minimum absolute atomic E-state index is 0.0924. The van der Waals surface area contributed by atoms with E-state index in [4.69, 9.17) is 0 Å². The van der Waals surface area contributed by atoms with Crippen LogP contribution in [0.5, 0.6) is 0 Å². The first-order valence-electron chi connectivity index (χ1n) is 9.11. The lowest BCUT2D eigenvalue weighted by atomic mass is 10.1. The van der Waals surface area contributed by atoms with Crippen molar-refractivity contribution in [2.45, 2.75) is 33.2 Å². The summed E-state index contributed by atoms with van der Waals surface area (Å²) in [4.78, 5) is 19.0. The Bertz CT molecular complexity index is 957. The van der Waals surface area contributed by atoms with E-state index in [1.807, 2.05) is 43.9 Å². The van der Waals surface area contributed by atoms with Crippen molar-refractivity contribution in [1.82, 2.24) is 4.98 Å². The van der Waals surface area contributed by atoms with Gasteiger partial charge in [0.15, 0.2) is 9.84 Å². The molecule has 27 heavy (non-hydrogen) atoms. The minimum atomic E-state index is -2.98. The van der Waals surface area contributed by atoms with Crippen molar-refractivity contribution >= 4 is 27.2 Å². The van der Waals surface area contributed by atoms with Crippen LogP contribution in [0.1, 0.15) is 34.8 Å². The molecule has 0 bridgehead atoms. The Morgan fingerprint density at radius 3 is 2.67 bits per heavy atom. The number of nitrogens with one attached hydrogen (secondary N) is 1. The van der Waals surface area contributed by atoms with E-state index in [9.17, 15) is 13.2 Å². The highest BCUT2D eigenvalue weighted by molar-refractivity contribution is 7.91. The number of nitrogens with zero attached hydrogens (tertiary/aromatic N) is 2. The Kier molecular flexibility index (Phi) is 5.51. The number of aromatic nitrogens is 1. The molecule has 7 heteroatoms. The van der Waals surface area contributed by atoms with Crippen molar-refractivity contribution < 1.29 is 13.2 Å². The van der Waals surface area contributed by atoms with E-state index in [1.54, 1.807) is 18.3 Å². The van der Waals surface area contributed by atoms with Crippen LogP contribution < -0.4 is 10.2 Å². The van der Waals surface area contributed by atoms with Gasteiger partial charge >= 0.3 is 0 Å². The zero-order valence-corrected chi connectivity index (χ0v) is 16.7. The van der Waals surface area contributed by atoms with E-state index in [-0.39, 0.29) is 23.5 Å². The van der Waals surface area contributed by atoms with Crippen molar-refractivity contribution in [1.29, 1.82) is 0 Å². The number of rotatable bonds is 5. The fourth-order valence-corrected chi connectivity index (χ4v) is 5.22. The van der Waals surface area contributed by atoms with E-state index in [0.29, 0.717) is 24.3 Å². The van der Waals surface area contributed by atoms with Gasteiger partial charge in [-0.1, -0.05) is 17.7 Å². The van der Waals surface area contributed by atoms with Gasteiger partial charge < -0.3 is 10.2 Å². The standard InChI is InChI=1S/C20H25N3O3S/c1-4-23(17-8-10-27(25,26)13-17)19-12-16(7-9-21-19)20(24)22-18-6-5-14(2)11-15(18)3/h5-7,9,11-12,17H,4,8,10,13H2,1-3H3,(H,22,24). The zero-order chi connectivity index (χ0) is 19.6. The first-order valence-corrected chi connectivity index (χ1v) is 10.9. The fraction of sp³-hybridized carbons (Fsp3) is 0.400. The monoisotopic (exact) mass is 387 g/mol. The van der Waals surface area contributed by atoms with Gasteiger partial charge in [-0.2, -0.15) is 0 Å². The average Bonchev–Trinajstić information content (AvgIpc) is 2.98. The van der Waals surface area contributed by atoms with Crippen LogP contribution in [-0.2, 0) is 9.84 Å². The van der Waals surface area contributed by atoms with Gasteiger partial charge in [-0.3, -0.25) is 4.79 Å². The molecular formula is C20H25N3O3S. The number of hydrogen-bond acceptors (Lipinski definition) is 5. The second-order valence-electron chi connectivity index (χ2n) is 7.02. The van der Waals surface area contributed by atoms with Crippen LogP contribution in [0.4, 0.5) is 11.5 Å². The van der Waals surface area contributed by atoms with E-state index < -0.39 is 9.84 Å². The number of amides is 1. The molecule has 144 valence electrons. The number of hydrogen-bond donors (Lipinski definition) is 1. The predicted molar refractivity (Wildman–Crippen MR) is 108 cm³/mol. The number of sulfone groups is 1. The van der Waals surface area contributed by atoms with E-state index in [2.05, 4.69) is 10.3 Å². The highest BCUT2D eigenvalue weighted by atomic mass is 32.2. The maximum Gasteiger partial charge on any atom is 0.255 e. The summed E-state index contributed by atoms with van der Waals surface area (Å²) in [6, 6.07) is 9.18. The van der Waals surface area contributed by atoms with Crippen LogP contribution in [0.3, 0.4) is 0 Å². The van der Waals surface area contributed by atoms with Gasteiger partial charge in [0, 0.05) is 30.0 Å². The summed E-state index contributed by atoms with van der Waals surface area (Å²) in [5.41, 5.74) is 3.42. The largest absolute Gasteiger partial charge is 0.353 e. The Labute approximate surface area is 160 Å². The SMILES string of the molecule is CCN(c1cc(C(=O)Nc2ccc(C)cc2C)ccn1)C1CCS(=O)(=O)C1. The molecule has 1 aliphatic heterocycles. The summed E-state index contributed by atoms with van der Waals surface area (Å²) >= 11 is 0. The van der Waals surface area contributed by atoms with Gasteiger partial charge in [0.2, 0.25) is 0 Å². The number of pyridine rings is 1. The molecule has 0 saturated carbocycles. The second-order valence-corrected chi connectivity index (χ2v) is 9.25. The molecular weight excluding hydrogens is 362 g/mol. The second kappa shape index (κ2) is 7.68. The predicted octanol–water partition coefficient (Wildman–Crippen LogP) is 2.96. The van der Waals surface area contributed by atoms with Crippen LogP contribution in [0.25, 0.3) is 0 Å². The number of carbonyl (C=O) groups is 1. The number of aryl methyl sites for hydroxylation is 2. The summed E-state index contributed by atoms with van der Waals surface area (Å²) in [6.45, 7) is 6.57. The van der Waals surface area contributed by atoms with Crippen molar-refractivity contribution in [3.05, 3.63) is 53.2 Å². The molecule has 3 rings (SSSR count). The van der Waals surface area contributed by atoms with Gasteiger partial charge in [-0.25, -0.2) is 13.4 Å². The number of carbonyl (C=O) groups excluding carboxylic acids is 1. The lowest BCUT2D eigenvalue weighted by Gasteiger charge is -2.28. The molecule has 1 saturated heterocycles. The molecule has 1 unspecified atom stereocenters. The Morgan fingerprint density at radius 2 is 2.04 bits per heavy atom. The third-order valence-corrected chi connectivity index (χ3v) is 6.67. The fourth-order valence-electron chi connectivity index (χ4n) is 3.49. The molecule has 1 N–H and O–H groups in total. The highest BCUT2D eigenvalue weighted by Gasteiger charge is 2.32. The number of benzene rings is 1. The molecule has 0 spiro atoms. The molecule has 6 nitrogen and oxygen atoms in total. The summed E-state index contributed by atoms with van der Waals surface area (Å²) < 4.78 is 23.6. The van der Waals surface area contributed by atoms with Gasteiger partial charge in [-0.05, 0) is 51.0 Å². The molecule has 1 aliphatic rings. The minimum Gasteiger partial charge on any atom is -0.353 e. The lowest BCUT2D eigenvalue weighted by Crippen LogP contribution is -2.36. The van der Waals surface area contributed by atoms with Crippen molar-refractivity contribution in [3.8, 4) is 0 Å². The molecule has 0 aliphatic carbocycles. The molecule has 1 amide bonds. The average molecular weight is 388 g/mol. The molecule has 1 aromatic carbocycles. The molecule has 1 atom stereocenters. The zero-order valence-electron chi connectivity index (χ0n) is 15.9. The maximum absolute atomic E-state index is 12.7. The van der Waals surface area contributed by atoms with Gasteiger partial charge in [-0.15, -0.1) is 0 Å². The summed E-state index contributed by atoms with van der Waals surface area (Å²) in [5.74, 6) is 0.774. The molecule has 1 aromatic heterocycles. The third kappa shape index (κ3) is 4.47. The van der Waals surface area contributed by atoms with Crippen molar-refractivity contribution in [3.63, 3.8) is 0 Å². The molecule has 1 fully saturated rings. The molecule has 2 aromatic rings. The Hall–Kier alpha value is -2.41. The smallest absolute Gasteiger partial charge is 0.255 e. The van der Waals surface area contributed by atoms with Crippen LogP contribution in [0.15, 0.2) is 36.5 Å². The topological polar surface area (TPSA) is 79.4 Å². The Balaban J connectivity index is 1.80. The van der Waals surface area contributed by atoms with Crippen LogP contribution >= 0.6 is 0 Å². The van der Waals surface area contributed by atoms with Crippen molar-refractivity contribution in [2.24, 2.45) is 0 Å². The van der Waals surface area contributed by atoms with E-state index in [0.717, 1.165) is 16.8 Å². The van der Waals surface area contributed by atoms with Crippen LogP contribution in [0.2, 0.25) is 0 Å². The van der Waals surface area contributed by atoms with E-state index in [1.165, 1.54) is 0 Å². The normalized spacial score (nSPS) is 18.3. The van der Waals surface area contributed by atoms with Crippen LogP contribution in [-0.4, -0.2) is 43.4 Å². The van der Waals surface area contributed by atoms with Crippen LogP contribution in [0, 0.1) is 13.8 Å². The van der Waals surface area contributed by atoms with Gasteiger partial charge in [0.05, 0.1) is 11.5 Å². The van der Waals surface area contributed by atoms with E-state index >= 15 is 0 Å². The highest BCUT2D eigenvalue weighted by Crippen LogP contribution is 2.24. The maximum atomic E-state index is 12.7. The first-order chi connectivity index (χ1) is 12.8. The summed E-state index contributed by atoms with van der Waals surface area (Å²) in [5, 5.41) is 2.94. The summed E-state index contributed by atoms with van der Waals surface area (Å²) in [7, 11) is -2.98. The summed E-state index contributed by atoms with van der Waals surface area (Å²) in [6.07, 6.45) is 2.19. The number of anilines is 2. The first kappa shape index (κ1) is 19.4. The van der Waals surface area contributed by atoms with Gasteiger partial charge in [0.25, 0.3) is 5.91 Å². The lowest BCUT2D eigenvalue weighted by molar-refractivity contribution is 0.102. The third-order valence-electron chi connectivity index (χ3n) is 4.92. The Morgan fingerprint density at radius 1 is 1.26 bits per heavy atom. The molecule has 2 heterocycles. The van der Waals surface area contributed by atoms with Gasteiger partial charge in [0.1, 0.15) is 5.82 Å². The molecule has 0 radical (unpaired) electrons. The van der Waals surface area contributed by atoms with Crippen molar-refractivity contribution in [2.75, 3.05) is 28.3 Å². The quantitative estimate of drug-likeness (QED) is 0.853.